The molecule has 0 spiro atoms. The number of unbranched alkanes of at least 4 members (excludes halogenated alkanes) is 2. The normalized spacial score (nSPS) is 16.5. The molecule has 10 aromatic rings. The maximum Gasteiger partial charge on any atom is 0.407 e. The van der Waals surface area contributed by atoms with Gasteiger partial charge in [0.1, 0.15) is 17.7 Å². The van der Waals surface area contributed by atoms with Gasteiger partial charge in [0.2, 0.25) is 23.6 Å². The summed E-state index contributed by atoms with van der Waals surface area (Å²) in [5, 5.41) is 33.1. The van der Waals surface area contributed by atoms with Crippen molar-refractivity contribution in [2.24, 2.45) is 0 Å². The molecule has 8 heterocycles. The minimum atomic E-state index is -1.000. The summed E-state index contributed by atoms with van der Waals surface area (Å²) in [5.41, 5.74) is 11.9. The van der Waals surface area contributed by atoms with Crippen molar-refractivity contribution in [2.75, 3.05) is 113 Å². The van der Waals surface area contributed by atoms with Crippen LogP contribution in [0.5, 0.6) is 0 Å². The average molecular weight is 1700 g/mol. The van der Waals surface area contributed by atoms with Gasteiger partial charge >= 0.3 is 12.1 Å². The second-order valence-electron chi connectivity index (χ2n) is 32.2. The lowest BCUT2D eigenvalue weighted by Gasteiger charge is -2.36. The van der Waals surface area contributed by atoms with Crippen LogP contribution in [0.15, 0.2) is 194 Å². The van der Waals surface area contributed by atoms with E-state index in [0.717, 1.165) is 130 Å². The number of ether oxygens (including phenoxy) is 1. The van der Waals surface area contributed by atoms with Crippen molar-refractivity contribution in [1.82, 2.24) is 61.5 Å². The zero-order chi connectivity index (χ0) is 88.9. The first-order valence-corrected chi connectivity index (χ1v) is 42.1. The van der Waals surface area contributed by atoms with E-state index >= 15 is 0 Å². The van der Waals surface area contributed by atoms with Gasteiger partial charge in [-0.3, -0.25) is 92.9 Å². The number of alkyl carbamates (subject to hydrolysis) is 1. The molecule has 4 fully saturated rings. The number of aromatic carboxylic acids is 1. The second-order valence-corrected chi connectivity index (χ2v) is 32.2. The van der Waals surface area contributed by atoms with Crippen LogP contribution in [0.3, 0.4) is 0 Å². The zero-order valence-electron chi connectivity index (χ0n) is 70.5. The highest BCUT2D eigenvalue weighted by Crippen LogP contribution is 2.40. The van der Waals surface area contributed by atoms with Crippen molar-refractivity contribution in [2.45, 2.75) is 89.8 Å². The fraction of sp³-hybridized carbons (Fsp3) is 0.295. The van der Waals surface area contributed by atoms with E-state index in [1.807, 2.05) is 154 Å². The highest BCUT2D eigenvalue weighted by Gasteiger charge is 2.48. The summed E-state index contributed by atoms with van der Waals surface area (Å²) in [6.07, 6.45) is 6.65. The summed E-state index contributed by atoms with van der Waals surface area (Å²) >= 11 is 0. The van der Waals surface area contributed by atoms with Gasteiger partial charge in [-0.2, -0.15) is 0 Å². The molecule has 4 saturated heterocycles. The Bertz CT molecular complexity index is 5870. The fourth-order valence-corrected chi connectivity index (χ4v) is 16.3. The SMILES string of the molecule is CC(C)(C)OC(=O)NCCCCN1CCN(c2cccc3c2C(=O)N(C2CCC(=O)NC2=O)C3=O)CC1.CNC(=O)c1cnc2ccc(-c3ccc(C(=O)NCCCCN4CCN(c5cccc6c5C(=O)N(C5CCC(=O)NC5=O)C6=O)CC4)cc3)cc2c1Nc1ccccc1.CNC(=O)c1cnc2ccc(-c3ccc(C(=O)O)cc3)cc2c1Nc1ccccc1. The smallest absolute Gasteiger partial charge is 0.407 e. The minimum absolute atomic E-state index is 0.0751. The van der Waals surface area contributed by atoms with Gasteiger partial charge in [-0.25, -0.2) is 9.59 Å². The summed E-state index contributed by atoms with van der Waals surface area (Å²) in [5.74, 6) is -5.59. The third kappa shape index (κ3) is 20.2. The van der Waals surface area contributed by atoms with E-state index in [9.17, 15) is 62.3 Å². The molecule has 2 atom stereocenters. The summed E-state index contributed by atoms with van der Waals surface area (Å²) in [6.45, 7) is 14.3. The van der Waals surface area contributed by atoms with Crippen LogP contribution in [0.1, 0.15) is 155 Å². The predicted molar refractivity (Wildman–Crippen MR) is 476 cm³/mol. The van der Waals surface area contributed by atoms with Crippen molar-refractivity contribution >= 4 is 133 Å². The number of carboxylic acids is 1. The molecule has 9 N–H and O–H groups in total. The van der Waals surface area contributed by atoms with E-state index < -0.39 is 77.0 Å². The lowest BCUT2D eigenvalue weighted by molar-refractivity contribution is -0.137. The maximum absolute atomic E-state index is 13.6. The maximum atomic E-state index is 13.6. The number of hydrogen-bond acceptors (Lipinski definition) is 22. The molecule has 6 aliphatic rings. The second kappa shape index (κ2) is 39.3. The van der Waals surface area contributed by atoms with Crippen LogP contribution in [0.4, 0.5) is 38.9 Å². The number of anilines is 6. The van der Waals surface area contributed by atoms with Gasteiger partial charge in [0.05, 0.1) is 72.7 Å². The molecule has 126 heavy (non-hydrogen) atoms. The van der Waals surface area contributed by atoms with Crippen LogP contribution in [0.2, 0.25) is 0 Å². The van der Waals surface area contributed by atoms with Crippen molar-refractivity contribution in [1.29, 1.82) is 0 Å². The summed E-state index contributed by atoms with van der Waals surface area (Å²) in [7, 11) is 3.17. The van der Waals surface area contributed by atoms with Crippen LogP contribution < -0.4 is 52.3 Å². The monoisotopic (exact) mass is 1700 g/mol. The molecular weight excluding hydrogens is 1610 g/mol. The highest BCUT2D eigenvalue weighted by atomic mass is 16.6. The molecule has 12 amide bonds. The molecule has 648 valence electrons. The number of piperidine rings is 2. The first kappa shape index (κ1) is 87.7. The van der Waals surface area contributed by atoms with E-state index in [0.29, 0.717) is 95.4 Å². The quantitative estimate of drug-likeness (QED) is 0.0200. The van der Waals surface area contributed by atoms with Crippen molar-refractivity contribution < 1.29 is 72.2 Å². The predicted octanol–water partition coefficient (Wildman–Crippen LogP) is 11.0. The molecule has 0 saturated carbocycles. The number of pyridine rings is 2. The van der Waals surface area contributed by atoms with Crippen molar-refractivity contribution in [3.63, 3.8) is 0 Å². The van der Waals surface area contributed by atoms with Gasteiger partial charge in [0, 0.05) is 132 Å². The number of para-hydroxylation sites is 2. The molecule has 16 rings (SSSR count). The number of carboxylic acid groups (broad SMARTS) is 1. The topological polar surface area (TPSA) is 393 Å². The van der Waals surface area contributed by atoms with E-state index in [1.54, 1.807) is 75.0 Å². The van der Waals surface area contributed by atoms with Gasteiger partial charge in [0.25, 0.3) is 41.4 Å². The van der Waals surface area contributed by atoms with E-state index in [2.05, 4.69) is 72.1 Å². The zero-order valence-corrected chi connectivity index (χ0v) is 70.5. The van der Waals surface area contributed by atoms with E-state index in [4.69, 9.17) is 9.84 Å². The van der Waals surface area contributed by atoms with Crippen LogP contribution in [-0.4, -0.2) is 222 Å². The van der Waals surface area contributed by atoms with Gasteiger partial charge < -0.3 is 51.5 Å². The Kier molecular flexibility index (Phi) is 27.4. The Balaban J connectivity index is 0.000000165. The number of piperazine rings is 2. The Morgan fingerprint density at radius 1 is 0.452 bits per heavy atom. The van der Waals surface area contributed by atoms with Crippen LogP contribution in [-0.2, 0) is 23.9 Å². The molecule has 8 aromatic carbocycles. The van der Waals surface area contributed by atoms with Crippen LogP contribution >= 0.6 is 0 Å². The van der Waals surface area contributed by atoms with E-state index in [1.165, 1.54) is 0 Å². The fourth-order valence-electron chi connectivity index (χ4n) is 16.3. The molecule has 0 aliphatic carbocycles. The number of rotatable bonds is 24. The Morgan fingerprint density at radius 3 is 1.25 bits per heavy atom. The summed E-state index contributed by atoms with van der Waals surface area (Å²) in [6, 6.07) is 53.6. The molecular formula is C95H98N16O15. The highest BCUT2D eigenvalue weighted by molar-refractivity contribution is 6.27. The lowest BCUT2D eigenvalue weighted by Crippen LogP contribution is -2.54. The number of benzene rings is 8. The third-order valence-electron chi connectivity index (χ3n) is 22.8. The largest absolute Gasteiger partial charge is 0.478 e. The van der Waals surface area contributed by atoms with Gasteiger partial charge in [-0.05, 0) is 192 Å². The van der Waals surface area contributed by atoms with Crippen LogP contribution in [0, 0.1) is 0 Å². The lowest BCUT2D eigenvalue weighted by atomic mass is 9.99. The molecule has 31 heteroatoms. The molecule has 0 bridgehead atoms. The number of amides is 12. The molecule has 31 nitrogen and oxygen atoms in total. The molecule has 2 unspecified atom stereocenters. The molecule has 6 aliphatic heterocycles. The van der Waals surface area contributed by atoms with Crippen LogP contribution in [0.25, 0.3) is 44.1 Å². The summed E-state index contributed by atoms with van der Waals surface area (Å²) < 4.78 is 5.24. The number of carbonyl (C=O) groups is 13. The van der Waals surface area contributed by atoms with Gasteiger partial charge in [-0.15, -0.1) is 0 Å². The number of nitrogens with zero attached hydrogens (tertiary/aromatic N) is 8. The average Bonchev–Trinajstić information content (AvgIpc) is 1.59. The third-order valence-corrected chi connectivity index (χ3v) is 22.8. The Hall–Kier alpha value is -14.6. The number of hydrogen-bond donors (Lipinski definition) is 9. The van der Waals surface area contributed by atoms with Crippen molar-refractivity contribution in [3.05, 3.63) is 239 Å². The van der Waals surface area contributed by atoms with Gasteiger partial charge in [-0.1, -0.05) is 84.9 Å². The number of nitrogens with one attached hydrogen (secondary N) is 8. The first-order valence-electron chi connectivity index (χ1n) is 42.1. The first-order chi connectivity index (χ1) is 60.8. The standard InChI is InChI=1S/C45H44N8O6.C26H35N5O6.C24H19N3O3/c1-46-42(56)34-27-48-35-17-16-30(26-33(35)40(34)49-31-8-3-2-4-9-31)28-12-14-29(15-13-28)41(55)47-20-5-6-21-51-22-24-52(25-23-51)36-11-7-10-32-39(36)45(59)53(44(32)58)37-18-19-38(54)50-43(37)57;1-26(2,3)37-25(36)27-11-4-5-12-29-13-15-30(16-14-29)18-8-6-7-17-21(18)24(35)31(23(17)34)19-9-10-20(32)28-22(19)33;1-25-23(28)20-14-26-21-12-11-17(15-7-9-16(10-8-15)24(29)30)13-19(21)22(20)27-18-5-3-2-4-6-18/h2-4,7-17,26-27,37H,5-6,18-25H2,1H3,(H,46,56)(H,47,55)(H,48,49)(H,50,54,57);6-8,19H,4-5,9-16H2,1-3H3,(H,27,36)(H,28,32,33);2-14H,1H3,(H,25,28)(H,26,27)(H,29,30). The van der Waals surface area contributed by atoms with E-state index in [-0.39, 0.29) is 54.5 Å². The minimum Gasteiger partial charge on any atom is -0.478 e. The van der Waals surface area contributed by atoms with Crippen molar-refractivity contribution in [3.8, 4) is 22.3 Å². The molecule has 2 aromatic heterocycles. The summed E-state index contributed by atoms with van der Waals surface area (Å²) in [4.78, 5) is 182. The Labute approximate surface area is 727 Å². The Morgan fingerprint density at radius 2 is 0.857 bits per heavy atom. The number of fused-ring (bicyclic) bond motifs is 4. The number of imide groups is 4. The molecule has 0 radical (unpaired) electrons. The van der Waals surface area contributed by atoms with Gasteiger partial charge in [0.15, 0.2) is 0 Å². The number of carbonyl (C=O) groups excluding carboxylic acids is 12. The number of aromatic nitrogens is 2.